The topological polar surface area (TPSA) is 32.3 Å². The molecule has 1 aliphatic heterocycles. The molecular formula is C16H24N2OS. The Morgan fingerprint density at radius 3 is 2.85 bits per heavy atom. The van der Waals surface area contributed by atoms with Crippen molar-refractivity contribution in [1.29, 1.82) is 0 Å². The van der Waals surface area contributed by atoms with Crippen LogP contribution in [0.15, 0.2) is 16.8 Å². The Balaban J connectivity index is 1.81. The van der Waals surface area contributed by atoms with E-state index in [0.717, 1.165) is 6.42 Å². The number of thiophene rings is 1. The van der Waals surface area contributed by atoms with E-state index in [9.17, 15) is 4.79 Å². The van der Waals surface area contributed by atoms with E-state index in [0.29, 0.717) is 18.5 Å². The second-order valence-corrected chi connectivity index (χ2v) is 6.79. The Kier molecular flexibility index (Phi) is 4.41. The van der Waals surface area contributed by atoms with Crippen molar-refractivity contribution in [3.8, 4) is 0 Å². The SMILES string of the molecule is CCC(C1CCCCC1)N1C(=O)CNC1c1ccsc1. The van der Waals surface area contributed by atoms with E-state index in [1.807, 2.05) is 0 Å². The normalized spacial score (nSPS) is 26.1. The molecule has 1 amide bonds. The lowest BCUT2D eigenvalue weighted by atomic mass is 9.82. The van der Waals surface area contributed by atoms with Gasteiger partial charge in [-0.05, 0) is 47.6 Å². The fourth-order valence-corrected chi connectivity index (χ4v) is 4.56. The Hall–Kier alpha value is -0.870. The second-order valence-electron chi connectivity index (χ2n) is 6.01. The molecule has 110 valence electrons. The summed E-state index contributed by atoms with van der Waals surface area (Å²) < 4.78 is 0. The molecule has 1 N–H and O–H groups in total. The number of hydrogen-bond acceptors (Lipinski definition) is 3. The quantitative estimate of drug-likeness (QED) is 0.920. The van der Waals surface area contributed by atoms with E-state index in [1.54, 1.807) is 11.3 Å². The highest BCUT2D eigenvalue weighted by atomic mass is 32.1. The average Bonchev–Trinajstić information content (AvgIpc) is 3.12. The van der Waals surface area contributed by atoms with Gasteiger partial charge >= 0.3 is 0 Å². The minimum absolute atomic E-state index is 0.0978. The van der Waals surface area contributed by atoms with Crippen LogP contribution >= 0.6 is 11.3 Å². The lowest BCUT2D eigenvalue weighted by Crippen LogP contribution is -2.44. The third kappa shape index (κ3) is 2.63. The molecule has 0 aromatic carbocycles. The van der Waals surface area contributed by atoms with Crippen molar-refractivity contribution in [3.05, 3.63) is 22.4 Å². The summed E-state index contributed by atoms with van der Waals surface area (Å²) in [5.41, 5.74) is 1.25. The van der Waals surface area contributed by atoms with E-state index < -0.39 is 0 Å². The van der Waals surface area contributed by atoms with Crippen LogP contribution < -0.4 is 5.32 Å². The first-order chi connectivity index (χ1) is 9.81. The molecule has 1 aromatic rings. The smallest absolute Gasteiger partial charge is 0.238 e. The van der Waals surface area contributed by atoms with Crippen LogP contribution in [0.1, 0.15) is 57.2 Å². The molecule has 2 unspecified atom stereocenters. The summed E-state index contributed by atoms with van der Waals surface area (Å²) in [6.45, 7) is 2.72. The molecule has 20 heavy (non-hydrogen) atoms. The minimum atomic E-state index is 0.0978. The highest BCUT2D eigenvalue weighted by Crippen LogP contribution is 2.36. The third-order valence-corrected chi connectivity index (χ3v) is 5.54. The maximum absolute atomic E-state index is 12.4. The number of carbonyl (C=O) groups is 1. The van der Waals surface area contributed by atoms with Gasteiger partial charge in [-0.1, -0.05) is 26.2 Å². The molecule has 1 saturated carbocycles. The highest BCUT2D eigenvalue weighted by molar-refractivity contribution is 7.07. The number of hydrogen-bond donors (Lipinski definition) is 1. The first kappa shape index (κ1) is 14.1. The van der Waals surface area contributed by atoms with Crippen molar-refractivity contribution >= 4 is 17.2 Å². The Morgan fingerprint density at radius 2 is 2.20 bits per heavy atom. The van der Waals surface area contributed by atoms with Gasteiger partial charge < -0.3 is 4.90 Å². The predicted octanol–water partition coefficient (Wildman–Crippen LogP) is 3.54. The zero-order valence-corrected chi connectivity index (χ0v) is 13.0. The number of nitrogens with one attached hydrogen (secondary N) is 1. The third-order valence-electron chi connectivity index (χ3n) is 4.84. The lowest BCUT2D eigenvalue weighted by Gasteiger charge is -2.39. The molecule has 0 radical (unpaired) electrons. The number of rotatable bonds is 4. The Bertz CT molecular complexity index is 439. The first-order valence-electron chi connectivity index (χ1n) is 7.88. The molecule has 1 saturated heterocycles. The van der Waals surface area contributed by atoms with Gasteiger partial charge in [0.15, 0.2) is 0 Å². The molecular weight excluding hydrogens is 268 g/mol. The van der Waals surface area contributed by atoms with Crippen LogP contribution in [0.2, 0.25) is 0 Å². The zero-order chi connectivity index (χ0) is 13.9. The van der Waals surface area contributed by atoms with Gasteiger partial charge in [-0.3, -0.25) is 10.1 Å². The van der Waals surface area contributed by atoms with Crippen LogP contribution in [0, 0.1) is 5.92 Å². The van der Waals surface area contributed by atoms with Gasteiger partial charge in [0.1, 0.15) is 6.17 Å². The minimum Gasteiger partial charge on any atom is -0.319 e. The highest BCUT2D eigenvalue weighted by Gasteiger charge is 2.39. The van der Waals surface area contributed by atoms with E-state index >= 15 is 0 Å². The Labute approximate surface area is 125 Å². The van der Waals surface area contributed by atoms with Crippen LogP contribution in [0.4, 0.5) is 0 Å². The second kappa shape index (κ2) is 6.27. The van der Waals surface area contributed by atoms with Gasteiger partial charge in [-0.25, -0.2) is 0 Å². The molecule has 0 spiro atoms. The molecule has 2 aliphatic rings. The fourth-order valence-electron chi connectivity index (χ4n) is 3.88. The molecule has 0 bridgehead atoms. The summed E-state index contributed by atoms with van der Waals surface area (Å²) in [7, 11) is 0. The lowest BCUT2D eigenvalue weighted by molar-refractivity contribution is -0.132. The van der Waals surface area contributed by atoms with Crippen molar-refractivity contribution in [2.75, 3.05) is 6.54 Å². The van der Waals surface area contributed by atoms with Crippen molar-refractivity contribution in [1.82, 2.24) is 10.2 Å². The summed E-state index contributed by atoms with van der Waals surface area (Å²) >= 11 is 1.71. The van der Waals surface area contributed by atoms with Crippen LogP contribution in [0.25, 0.3) is 0 Å². The van der Waals surface area contributed by atoms with E-state index in [-0.39, 0.29) is 12.1 Å². The van der Waals surface area contributed by atoms with Gasteiger partial charge in [0.25, 0.3) is 0 Å². The summed E-state index contributed by atoms with van der Waals surface area (Å²) in [5, 5.41) is 7.66. The molecule has 2 atom stereocenters. The predicted molar refractivity (Wildman–Crippen MR) is 82.6 cm³/mol. The fraction of sp³-hybridized carbons (Fsp3) is 0.688. The molecule has 1 aliphatic carbocycles. The molecule has 3 nitrogen and oxygen atoms in total. The molecule has 4 heteroatoms. The standard InChI is InChI=1S/C16H24N2OS/c1-2-14(12-6-4-3-5-7-12)18-15(19)10-17-16(18)13-8-9-20-11-13/h8-9,11-12,14,16-17H,2-7,10H2,1H3. The Morgan fingerprint density at radius 1 is 1.40 bits per heavy atom. The van der Waals surface area contributed by atoms with Gasteiger partial charge in [0, 0.05) is 6.04 Å². The van der Waals surface area contributed by atoms with E-state index in [2.05, 4.69) is 34.0 Å². The van der Waals surface area contributed by atoms with Crippen LogP contribution in [-0.4, -0.2) is 23.4 Å². The van der Waals surface area contributed by atoms with Crippen molar-refractivity contribution < 1.29 is 4.79 Å². The number of carbonyl (C=O) groups excluding carboxylic acids is 1. The molecule has 2 heterocycles. The number of amides is 1. The maximum atomic E-state index is 12.4. The number of nitrogens with zero attached hydrogens (tertiary/aromatic N) is 1. The van der Waals surface area contributed by atoms with Gasteiger partial charge in [-0.2, -0.15) is 11.3 Å². The first-order valence-corrected chi connectivity index (χ1v) is 8.82. The van der Waals surface area contributed by atoms with E-state index in [4.69, 9.17) is 0 Å². The molecule has 1 aromatic heterocycles. The molecule has 2 fully saturated rings. The summed E-state index contributed by atoms with van der Waals surface area (Å²) in [4.78, 5) is 14.5. The van der Waals surface area contributed by atoms with Gasteiger partial charge in [-0.15, -0.1) is 0 Å². The average molecular weight is 292 g/mol. The molecule has 3 rings (SSSR count). The van der Waals surface area contributed by atoms with Crippen LogP contribution in [0.3, 0.4) is 0 Å². The van der Waals surface area contributed by atoms with Gasteiger partial charge in [0.05, 0.1) is 6.54 Å². The van der Waals surface area contributed by atoms with Gasteiger partial charge in [0.2, 0.25) is 5.91 Å². The van der Waals surface area contributed by atoms with Crippen molar-refractivity contribution in [3.63, 3.8) is 0 Å². The van der Waals surface area contributed by atoms with E-state index in [1.165, 1.54) is 37.7 Å². The zero-order valence-electron chi connectivity index (χ0n) is 12.2. The maximum Gasteiger partial charge on any atom is 0.238 e. The van der Waals surface area contributed by atoms with Crippen molar-refractivity contribution in [2.24, 2.45) is 5.92 Å². The summed E-state index contributed by atoms with van der Waals surface area (Å²) in [6, 6.07) is 2.55. The summed E-state index contributed by atoms with van der Waals surface area (Å²) in [6.07, 6.45) is 7.78. The van der Waals surface area contributed by atoms with Crippen LogP contribution in [-0.2, 0) is 4.79 Å². The van der Waals surface area contributed by atoms with Crippen LogP contribution in [0.5, 0.6) is 0 Å². The monoisotopic (exact) mass is 292 g/mol. The summed E-state index contributed by atoms with van der Waals surface area (Å²) in [5.74, 6) is 0.970. The largest absolute Gasteiger partial charge is 0.319 e. The van der Waals surface area contributed by atoms with Crippen molar-refractivity contribution in [2.45, 2.75) is 57.7 Å².